The van der Waals surface area contributed by atoms with Crippen LogP contribution in [0.5, 0.6) is 5.75 Å². The Hall–Kier alpha value is -1.51. The molecule has 0 aliphatic rings. The number of benzene rings is 1. The lowest BCUT2D eigenvalue weighted by Gasteiger charge is -2.06. The van der Waals surface area contributed by atoms with E-state index < -0.39 is 0 Å². The molecule has 0 radical (unpaired) electrons. The molecule has 1 aromatic rings. The summed E-state index contributed by atoms with van der Waals surface area (Å²) >= 11 is 0. The molecule has 3 heteroatoms. The molecule has 0 spiro atoms. The van der Waals surface area contributed by atoms with Gasteiger partial charge in [-0.2, -0.15) is 0 Å². The van der Waals surface area contributed by atoms with Crippen LogP contribution in [-0.2, 0) is 0 Å². The predicted molar refractivity (Wildman–Crippen MR) is 51.6 cm³/mol. The van der Waals surface area contributed by atoms with Crippen LogP contribution in [0, 0.1) is 0 Å². The molecule has 0 aromatic heterocycles. The number of para-hydroxylation sites is 1. The summed E-state index contributed by atoms with van der Waals surface area (Å²) in [6.45, 7) is 2.72. The average molecular weight is 179 g/mol. The zero-order valence-corrected chi connectivity index (χ0v) is 7.60. The zero-order valence-electron chi connectivity index (χ0n) is 7.60. The van der Waals surface area contributed by atoms with Crippen LogP contribution in [0.2, 0.25) is 0 Å². The molecule has 0 bridgehead atoms. The zero-order chi connectivity index (χ0) is 9.52. The number of hydrogen-bond donors (Lipinski definition) is 1. The van der Waals surface area contributed by atoms with E-state index in [1.54, 1.807) is 0 Å². The van der Waals surface area contributed by atoms with Crippen molar-refractivity contribution >= 4 is 6.21 Å². The van der Waals surface area contributed by atoms with Gasteiger partial charge in [-0.1, -0.05) is 24.2 Å². The fourth-order valence-electron chi connectivity index (χ4n) is 0.993. The van der Waals surface area contributed by atoms with Crippen LogP contribution in [0.25, 0.3) is 0 Å². The van der Waals surface area contributed by atoms with E-state index in [1.807, 2.05) is 31.2 Å². The van der Waals surface area contributed by atoms with Crippen LogP contribution in [0.15, 0.2) is 29.4 Å². The van der Waals surface area contributed by atoms with E-state index in [4.69, 9.17) is 9.94 Å². The molecule has 0 saturated heterocycles. The Labute approximate surface area is 77.6 Å². The quantitative estimate of drug-likeness (QED) is 0.437. The minimum absolute atomic E-state index is 0.677. The second kappa shape index (κ2) is 5.19. The fourth-order valence-corrected chi connectivity index (χ4v) is 0.993. The number of oxime groups is 1. The standard InChI is InChI=1S/C10H13NO2/c1-2-7-13-10-6-4-3-5-9(10)8-11-12/h3-6,8,12H,2,7H2,1H3/b11-8-. The van der Waals surface area contributed by atoms with E-state index in [1.165, 1.54) is 6.21 Å². The largest absolute Gasteiger partial charge is 0.493 e. The lowest BCUT2D eigenvalue weighted by atomic mass is 10.2. The minimum atomic E-state index is 0.677. The van der Waals surface area contributed by atoms with Crippen molar-refractivity contribution in [1.82, 2.24) is 0 Å². The Bertz CT molecular complexity index is 284. The van der Waals surface area contributed by atoms with Gasteiger partial charge in [-0.3, -0.25) is 0 Å². The molecule has 0 unspecified atom stereocenters. The van der Waals surface area contributed by atoms with Gasteiger partial charge < -0.3 is 9.94 Å². The first-order valence-electron chi connectivity index (χ1n) is 4.27. The monoisotopic (exact) mass is 179 g/mol. The molecule has 13 heavy (non-hydrogen) atoms. The van der Waals surface area contributed by atoms with Gasteiger partial charge in [0.15, 0.2) is 0 Å². The minimum Gasteiger partial charge on any atom is -0.493 e. The van der Waals surface area contributed by atoms with Crippen molar-refractivity contribution in [1.29, 1.82) is 0 Å². The molecular formula is C10H13NO2. The summed E-state index contributed by atoms with van der Waals surface area (Å²) in [6, 6.07) is 7.45. The van der Waals surface area contributed by atoms with Gasteiger partial charge >= 0.3 is 0 Å². The summed E-state index contributed by atoms with van der Waals surface area (Å²) in [7, 11) is 0. The van der Waals surface area contributed by atoms with Crippen molar-refractivity contribution in [2.45, 2.75) is 13.3 Å². The van der Waals surface area contributed by atoms with Crippen LogP contribution in [-0.4, -0.2) is 18.0 Å². The SMILES string of the molecule is CCCOc1ccccc1/C=N\O. The lowest BCUT2D eigenvalue weighted by molar-refractivity contribution is 0.313. The van der Waals surface area contributed by atoms with Crippen molar-refractivity contribution in [3.63, 3.8) is 0 Å². The van der Waals surface area contributed by atoms with E-state index >= 15 is 0 Å². The Balaban J connectivity index is 2.78. The number of rotatable bonds is 4. The van der Waals surface area contributed by atoms with E-state index in [-0.39, 0.29) is 0 Å². The van der Waals surface area contributed by atoms with Gasteiger partial charge in [-0.05, 0) is 18.6 Å². The molecular weight excluding hydrogens is 166 g/mol. The van der Waals surface area contributed by atoms with Crippen LogP contribution >= 0.6 is 0 Å². The first-order chi connectivity index (χ1) is 6.38. The van der Waals surface area contributed by atoms with E-state index in [9.17, 15) is 0 Å². The third-order valence-corrected chi connectivity index (χ3v) is 1.58. The molecule has 0 heterocycles. The normalized spacial score (nSPS) is 10.5. The van der Waals surface area contributed by atoms with Crippen LogP contribution in [0.4, 0.5) is 0 Å². The molecule has 0 fully saturated rings. The molecule has 0 aliphatic carbocycles. The van der Waals surface area contributed by atoms with Crippen LogP contribution in [0.3, 0.4) is 0 Å². The molecule has 1 rings (SSSR count). The first kappa shape index (κ1) is 9.58. The highest BCUT2D eigenvalue weighted by Crippen LogP contribution is 2.15. The highest BCUT2D eigenvalue weighted by molar-refractivity contribution is 5.82. The van der Waals surface area contributed by atoms with Crippen LogP contribution in [0.1, 0.15) is 18.9 Å². The van der Waals surface area contributed by atoms with Gasteiger partial charge in [-0.15, -0.1) is 0 Å². The third kappa shape index (κ3) is 2.78. The van der Waals surface area contributed by atoms with Gasteiger partial charge in [0.1, 0.15) is 5.75 Å². The molecule has 0 atom stereocenters. The first-order valence-corrected chi connectivity index (χ1v) is 4.27. The average Bonchev–Trinajstić information content (AvgIpc) is 2.17. The number of nitrogens with zero attached hydrogens (tertiary/aromatic N) is 1. The molecule has 3 nitrogen and oxygen atoms in total. The third-order valence-electron chi connectivity index (χ3n) is 1.58. The lowest BCUT2D eigenvalue weighted by Crippen LogP contribution is -1.98. The van der Waals surface area contributed by atoms with Gasteiger partial charge in [-0.25, -0.2) is 0 Å². The van der Waals surface area contributed by atoms with Crippen LogP contribution < -0.4 is 4.74 Å². The smallest absolute Gasteiger partial charge is 0.128 e. The summed E-state index contributed by atoms with van der Waals surface area (Å²) < 4.78 is 5.44. The highest BCUT2D eigenvalue weighted by atomic mass is 16.5. The van der Waals surface area contributed by atoms with Crippen molar-refractivity contribution in [3.8, 4) is 5.75 Å². The molecule has 0 amide bonds. The molecule has 70 valence electrons. The van der Waals surface area contributed by atoms with Crippen molar-refractivity contribution in [3.05, 3.63) is 29.8 Å². The summed E-state index contributed by atoms with van der Waals surface area (Å²) in [5.41, 5.74) is 0.790. The maximum Gasteiger partial charge on any atom is 0.128 e. The summed E-state index contributed by atoms with van der Waals surface area (Å²) in [4.78, 5) is 0. The van der Waals surface area contributed by atoms with Crippen molar-refractivity contribution < 1.29 is 9.94 Å². The van der Waals surface area contributed by atoms with Gasteiger partial charge in [0.25, 0.3) is 0 Å². The predicted octanol–water partition coefficient (Wildman–Crippen LogP) is 2.28. The van der Waals surface area contributed by atoms with E-state index in [0.29, 0.717) is 6.61 Å². The van der Waals surface area contributed by atoms with Crippen molar-refractivity contribution in [2.24, 2.45) is 5.16 Å². The van der Waals surface area contributed by atoms with Crippen molar-refractivity contribution in [2.75, 3.05) is 6.61 Å². The second-order valence-electron chi connectivity index (χ2n) is 2.63. The molecule has 0 saturated carbocycles. The topological polar surface area (TPSA) is 41.8 Å². The van der Waals surface area contributed by atoms with E-state index in [0.717, 1.165) is 17.7 Å². The Morgan fingerprint density at radius 2 is 2.23 bits per heavy atom. The summed E-state index contributed by atoms with van der Waals surface area (Å²) in [5.74, 6) is 0.752. The van der Waals surface area contributed by atoms with Gasteiger partial charge in [0.05, 0.1) is 12.8 Å². The Morgan fingerprint density at radius 3 is 2.92 bits per heavy atom. The maximum absolute atomic E-state index is 8.38. The summed E-state index contributed by atoms with van der Waals surface area (Å²) in [5, 5.41) is 11.4. The fraction of sp³-hybridized carbons (Fsp3) is 0.300. The number of ether oxygens (including phenoxy) is 1. The highest BCUT2D eigenvalue weighted by Gasteiger charge is 1.98. The Kier molecular flexibility index (Phi) is 3.82. The molecule has 0 aliphatic heterocycles. The second-order valence-corrected chi connectivity index (χ2v) is 2.63. The number of hydrogen-bond acceptors (Lipinski definition) is 3. The summed E-state index contributed by atoms with van der Waals surface area (Å²) in [6.07, 6.45) is 2.33. The molecule has 1 N–H and O–H groups in total. The van der Waals surface area contributed by atoms with Gasteiger partial charge in [0.2, 0.25) is 0 Å². The van der Waals surface area contributed by atoms with E-state index in [2.05, 4.69) is 5.16 Å². The molecule has 1 aromatic carbocycles. The maximum atomic E-state index is 8.38. The van der Waals surface area contributed by atoms with Gasteiger partial charge in [0, 0.05) is 5.56 Å². The Morgan fingerprint density at radius 1 is 1.46 bits per heavy atom.